The minimum Gasteiger partial charge on any atom is -0.497 e. The number of sulfone groups is 1. The number of carbonyl (C=O) groups excluding carboxylic acids is 2. The Kier molecular flexibility index (Phi) is 12.5. The van der Waals surface area contributed by atoms with Crippen LogP contribution in [0.25, 0.3) is 6.08 Å². The van der Waals surface area contributed by atoms with Gasteiger partial charge in [0.25, 0.3) is 5.91 Å². The molecule has 11 heteroatoms. The van der Waals surface area contributed by atoms with Crippen molar-refractivity contribution in [3.8, 4) is 5.75 Å². The van der Waals surface area contributed by atoms with Crippen molar-refractivity contribution in [2.24, 2.45) is 0 Å². The number of methoxy groups -OCH3 is 1. The summed E-state index contributed by atoms with van der Waals surface area (Å²) in [6.07, 6.45) is 11.1. The number of carbonyl (C=O) groups is 2. The van der Waals surface area contributed by atoms with Gasteiger partial charge in [-0.25, -0.2) is 18.9 Å². The van der Waals surface area contributed by atoms with Gasteiger partial charge in [-0.1, -0.05) is 39.0 Å². The van der Waals surface area contributed by atoms with Gasteiger partial charge >= 0.3 is 0 Å². The van der Waals surface area contributed by atoms with E-state index in [0.717, 1.165) is 19.3 Å². The number of nitrogens with zero attached hydrogens (tertiary/aromatic N) is 2. The molecule has 1 unspecified atom stereocenters. The van der Waals surface area contributed by atoms with Gasteiger partial charge in [-0.3, -0.25) is 14.8 Å². The first kappa shape index (κ1) is 34.3. The Balaban J connectivity index is 1.90. The zero-order chi connectivity index (χ0) is 32.3. The molecule has 44 heavy (non-hydrogen) atoms. The van der Waals surface area contributed by atoms with Crippen molar-refractivity contribution in [2.75, 3.05) is 19.1 Å². The molecule has 0 aliphatic rings. The van der Waals surface area contributed by atoms with Gasteiger partial charge in [-0.05, 0) is 86.0 Å². The largest absolute Gasteiger partial charge is 0.497 e. The molecule has 3 rings (SSSR count). The van der Waals surface area contributed by atoms with Crippen molar-refractivity contribution in [3.63, 3.8) is 0 Å². The Morgan fingerprint density at radius 3 is 2.45 bits per heavy atom. The second-order valence-corrected chi connectivity index (χ2v) is 12.6. The fourth-order valence-corrected chi connectivity index (χ4v) is 6.40. The van der Waals surface area contributed by atoms with Crippen LogP contribution in [0.1, 0.15) is 73.9 Å². The predicted molar refractivity (Wildman–Crippen MR) is 171 cm³/mol. The number of benzene rings is 2. The molecule has 3 N–H and O–H groups in total. The van der Waals surface area contributed by atoms with Gasteiger partial charge in [0.15, 0.2) is 5.03 Å². The van der Waals surface area contributed by atoms with Crippen molar-refractivity contribution in [1.29, 1.82) is 0 Å². The van der Waals surface area contributed by atoms with E-state index in [1.807, 2.05) is 6.92 Å². The summed E-state index contributed by atoms with van der Waals surface area (Å²) in [5.74, 6) is -0.534. The van der Waals surface area contributed by atoms with Crippen molar-refractivity contribution in [2.45, 2.75) is 75.3 Å². The zero-order valence-corrected chi connectivity index (χ0v) is 26.8. The highest BCUT2D eigenvalue weighted by atomic mass is 32.2. The van der Waals surface area contributed by atoms with Crippen LogP contribution < -0.4 is 20.4 Å². The number of amides is 2. The van der Waals surface area contributed by atoms with Gasteiger partial charge in [0, 0.05) is 25.4 Å². The first-order chi connectivity index (χ1) is 21.0. The van der Waals surface area contributed by atoms with Gasteiger partial charge < -0.3 is 15.0 Å². The van der Waals surface area contributed by atoms with Crippen LogP contribution in [0, 0.1) is 6.92 Å². The average Bonchev–Trinajstić information content (AvgIpc) is 3.02. The zero-order valence-electron chi connectivity index (χ0n) is 26.0. The first-order valence-electron chi connectivity index (χ1n) is 14.7. The van der Waals surface area contributed by atoms with Gasteiger partial charge in [0.2, 0.25) is 15.7 Å². The number of unbranched alkanes of at least 4 members (excludes halogenated alkanes) is 4. The molecule has 10 nitrogen and oxygen atoms in total. The van der Waals surface area contributed by atoms with Gasteiger partial charge in [0.05, 0.1) is 28.9 Å². The van der Waals surface area contributed by atoms with E-state index in [4.69, 9.17) is 4.74 Å². The maximum Gasteiger partial charge on any atom is 0.276 e. The lowest BCUT2D eigenvalue weighted by Gasteiger charge is -2.26. The number of hydrogen-bond donors (Lipinski definition) is 3. The van der Waals surface area contributed by atoms with E-state index in [1.54, 1.807) is 60.8 Å². The average molecular weight is 623 g/mol. The van der Waals surface area contributed by atoms with Crippen molar-refractivity contribution in [3.05, 3.63) is 77.5 Å². The molecule has 1 heterocycles. The topological polar surface area (TPSA) is 138 Å². The monoisotopic (exact) mass is 622 g/mol. The summed E-state index contributed by atoms with van der Waals surface area (Å²) in [5.41, 5.74) is 3.49. The number of aromatic nitrogens is 1. The maximum absolute atomic E-state index is 13.6. The van der Waals surface area contributed by atoms with Crippen molar-refractivity contribution >= 4 is 39.1 Å². The Morgan fingerprint density at radius 1 is 1.09 bits per heavy atom. The minimum atomic E-state index is -4.06. The molecule has 0 aliphatic heterocycles. The molecule has 0 saturated carbocycles. The predicted octanol–water partition coefficient (Wildman–Crippen LogP) is 6.00. The van der Waals surface area contributed by atoms with E-state index < -0.39 is 15.7 Å². The third kappa shape index (κ3) is 8.67. The summed E-state index contributed by atoms with van der Waals surface area (Å²) < 4.78 is 32.4. The lowest BCUT2D eigenvalue weighted by molar-refractivity contribution is -0.117. The van der Waals surface area contributed by atoms with E-state index in [9.17, 15) is 23.2 Å². The third-order valence-corrected chi connectivity index (χ3v) is 9.01. The van der Waals surface area contributed by atoms with Gasteiger partial charge in [-0.15, -0.1) is 0 Å². The maximum atomic E-state index is 13.6. The van der Waals surface area contributed by atoms with Crippen LogP contribution >= 0.6 is 0 Å². The lowest BCUT2D eigenvalue weighted by atomic mass is 10.0. The highest BCUT2D eigenvalue weighted by Crippen LogP contribution is 2.36. The summed E-state index contributed by atoms with van der Waals surface area (Å²) in [6, 6.07) is 12.5. The first-order valence-corrected chi connectivity index (χ1v) is 16.2. The molecular weight excluding hydrogens is 580 g/mol. The van der Waals surface area contributed by atoms with E-state index in [-0.39, 0.29) is 33.1 Å². The van der Waals surface area contributed by atoms with E-state index in [0.29, 0.717) is 22.6 Å². The number of pyridine rings is 1. The van der Waals surface area contributed by atoms with E-state index >= 15 is 0 Å². The smallest absolute Gasteiger partial charge is 0.276 e. The second-order valence-electron chi connectivity index (χ2n) is 10.7. The summed E-state index contributed by atoms with van der Waals surface area (Å²) in [6.45, 7) is 5.91. The van der Waals surface area contributed by atoms with E-state index in [2.05, 4.69) is 17.2 Å². The van der Waals surface area contributed by atoms with Crippen LogP contribution in [-0.2, 0) is 14.6 Å². The van der Waals surface area contributed by atoms with Gasteiger partial charge in [0.1, 0.15) is 5.75 Å². The van der Waals surface area contributed by atoms with Crippen LogP contribution in [0.15, 0.2) is 70.7 Å². The molecule has 0 spiro atoms. The van der Waals surface area contributed by atoms with Crippen molar-refractivity contribution in [1.82, 2.24) is 15.8 Å². The molecule has 0 aliphatic carbocycles. The van der Waals surface area contributed by atoms with Crippen LogP contribution in [0.3, 0.4) is 0 Å². The molecule has 1 aromatic heterocycles. The molecule has 0 bridgehead atoms. The van der Waals surface area contributed by atoms with Crippen LogP contribution in [0.2, 0.25) is 0 Å². The Bertz CT molecular complexity index is 1570. The normalized spacial score (nSPS) is 12.1. The Labute approximate surface area is 260 Å². The summed E-state index contributed by atoms with van der Waals surface area (Å²) in [4.78, 5) is 31.2. The van der Waals surface area contributed by atoms with E-state index in [1.165, 1.54) is 56.8 Å². The number of hydroxylamine groups is 1. The van der Waals surface area contributed by atoms with Crippen LogP contribution in [-0.4, -0.2) is 50.6 Å². The Morgan fingerprint density at radius 2 is 1.80 bits per heavy atom. The lowest BCUT2D eigenvalue weighted by Crippen LogP contribution is -2.30. The molecule has 0 saturated heterocycles. The fraction of sp³-hybridized carbons (Fsp3) is 0.364. The number of aryl methyl sites for hydroxylation is 1. The highest BCUT2D eigenvalue weighted by Gasteiger charge is 2.27. The Hall–Kier alpha value is -4.22. The van der Waals surface area contributed by atoms with Gasteiger partial charge in [-0.2, -0.15) is 0 Å². The molecule has 1 atom stereocenters. The second kappa shape index (κ2) is 16.0. The number of rotatable bonds is 15. The quantitative estimate of drug-likeness (QED) is 0.0813. The number of nitrogens with one attached hydrogen (secondary N) is 2. The molecule has 2 amide bonds. The molecule has 0 fully saturated rings. The highest BCUT2D eigenvalue weighted by molar-refractivity contribution is 7.91. The molecule has 3 aromatic rings. The number of anilines is 2. The number of hydrogen-bond acceptors (Lipinski definition) is 8. The van der Waals surface area contributed by atoms with Crippen LogP contribution in [0.5, 0.6) is 5.75 Å². The standard InChI is InChI=1S/C33H42N4O6S/c1-6-7-8-9-10-12-24(3)35-30(38)19-14-25-21-23(2)31(28(22-25)32(39)36-40)37(4)29-13-11-20-34-33(29)44(41,42)27-17-15-26(43-5)16-18-27/h11,13-22,24,40H,6-10,12H2,1-5H3,(H,35,38)(H,36,39). The summed E-state index contributed by atoms with van der Waals surface area (Å²) in [5, 5.41) is 12.3. The molecule has 236 valence electrons. The SMILES string of the molecule is CCCCCCCC(C)NC(=O)C=Cc1cc(C)c(N(C)c2cccnc2S(=O)(=O)c2ccc(OC)cc2)c(C(=O)NO)c1. The summed E-state index contributed by atoms with van der Waals surface area (Å²) >= 11 is 0. The third-order valence-electron chi connectivity index (χ3n) is 7.30. The minimum absolute atomic E-state index is 0.0290. The fourth-order valence-electron chi connectivity index (χ4n) is 5.00. The number of ether oxygens (including phenoxy) is 1. The molecular formula is C33H42N4O6S. The molecule has 2 aromatic carbocycles. The summed E-state index contributed by atoms with van der Waals surface area (Å²) in [7, 11) is -0.950. The van der Waals surface area contributed by atoms with Crippen molar-refractivity contribution < 1.29 is 28.0 Å². The van der Waals surface area contributed by atoms with Crippen LogP contribution in [0.4, 0.5) is 11.4 Å². The molecule has 0 radical (unpaired) electrons.